The summed E-state index contributed by atoms with van der Waals surface area (Å²) in [7, 11) is 0. The lowest BCUT2D eigenvalue weighted by Crippen LogP contribution is -2.52. The minimum atomic E-state index is -0.289. The van der Waals surface area contributed by atoms with E-state index in [9.17, 15) is 0 Å². The topological polar surface area (TPSA) is 46.2 Å². The van der Waals surface area contributed by atoms with Gasteiger partial charge in [-0.1, -0.05) is 90.5 Å². The van der Waals surface area contributed by atoms with Crippen molar-refractivity contribution in [3.63, 3.8) is 0 Å². The molecule has 3 fully saturated rings. The predicted molar refractivity (Wildman–Crippen MR) is 132 cm³/mol. The highest BCUT2D eigenvalue weighted by molar-refractivity contribution is 5.25. The first-order valence-electron chi connectivity index (χ1n) is 12.5. The molecule has 0 aromatic heterocycles. The normalized spacial score (nSPS) is 31.4. The Labute approximate surface area is 206 Å². The van der Waals surface area contributed by atoms with Crippen LogP contribution in [0.4, 0.5) is 0 Å². The van der Waals surface area contributed by atoms with Crippen molar-refractivity contribution < 1.29 is 23.7 Å². The van der Waals surface area contributed by atoms with Gasteiger partial charge in [0.15, 0.2) is 6.29 Å². The Morgan fingerprint density at radius 1 is 0.743 bits per heavy atom. The molecule has 0 unspecified atom stereocenters. The molecule has 0 N–H and O–H groups in total. The van der Waals surface area contributed by atoms with Gasteiger partial charge in [0.05, 0.1) is 32.0 Å². The highest BCUT2D eigenvalue weighted by atomic mass is 16.8. The lowest BCUT2D eigenvalue weighted by molar-refractivity contribution is -0.209. The average molecular weight is 473 g/mol. The summed E-state index contributed by atoms with van der Waals surface area (Å²) in [6, 6.07) is 29.1. The Hall–Kier alpha value is -2.54. The zero-order valence-corrected chi connectivity index (χ0v) is 20.0. The van der Waals surface area contributed by atoms with Crippen LogP contribution >= 0.6 is 0 Å². The van der Waals surface area contributed by atoms with E-state index >= 15 is 0 Å². The second-order valence-corrected chi connectivity index (χ2v) is 9.81. The molecular formula is C30H32O5. The van der Waals surface area contributed by atoms with Crippen molar-refractivity contribution in [1.82, 2.24) is 0 Å². The molecule has 182 valence electrons. The summed E-state index contributed by atoms with van der Waals surface area (Å²) in [6.07, 6.45) is -0.120. The molecule has 0 aliphatic carbocycles. The molecule has 6 rings (SSSR count). The predicted octanol–water partition coefficient (Wildman–Crippen LogP) is 5.37. The van der Waals surface area contributed by atoms with Crippen molar-refractivity contribution in [2.45, 2.75) is 63.4 Å². The molecule has 3 aromatic rings. The fourth-order valence-electron chi connectivity index (χ4n) is 5.47. The number of rotatable bonds is 8. The van der Waals surface area contributed by atoms with Gasteiger partial charge in [-0.05, 0) is 30.0 Å². The van der Waals surface area contributed by atoms with Gasteiger partial charge in [-0.25, -0.2) is 0 Å². The van der Waals surface area contributed by atoms with E-state index in [0.717, 1.165) is 17.5 Å². The van der Waals surface area contributed by atoms with Crippen LogP contribution < -0.4 is 0 Å². The lowest BCUT2D eigenvalue weighted by Gasteiger charge is -2.37. The Balaban J connectivity index is 1.18. The van der Waals surface area contributed by atoms with Crippen molar-refractivity contribution in [3.8, 4) is 0 Å². The number of fused-ring (bicyclic) bond motifs is 4. The summed E-state index contributed by atoms with van der Waals surface area (Å²) in [5, 5.41) is 0. The Kier molecular flexibility index (Phi) is 6.68. The number of aryl methyl sites for hydroxylation is 1. The first-order chi connectivity index (χ1) is 17.2. The van der Waals surface area contributed by atoms with E-state index in [1.807, 2.05) is 36.4 Å². The van der Waals surface area contributed by atoms with Gasteiger partial charge in [-0.15, -0.1) is 0 Å². The Bertz CT molecular complexity index is 1080. The highest BCUT2D eigenvalue weighted by Gasteiger charge is 2.59. The smallest absolute Gasteiger partial charge is 0.164 e. The van der Waals surface area contributed by atoms with E-state index in [-0.39, 0.29) is 42.7 Å². The standard InChI is InChI=1S/C30H32O5/c1-20-12-14-23(15-13-20)25-16-24-27(33-25)29(32-18-22-10-6-3-7-11-22)28-26(34-30(24)35-28)19-31-17-21-8-4-2-5-9-21/h2-15,24-30H,16-19H2,1H3/t24-,25-,26-,27+,28-,29-,30-/m1/s1. The van der Waals surface area contributed by atoms with Gasteiger partial charge in [0.1, 0.15) is 18.3 Å². The SMILES string of the molecule is Cc1ccc([C@H]2C[C@H]3[C@H]4O[C@@H]([C@H](OCc5ccccc5)[C@H]3O2)[C@@H](COCc2ccccc2)O4)cc1. The van der Waals surface area contributed by atoms with Crippen LogP contribution in [0.2, 0.25) is 0 Å². The van der Waals surface area contributed by atoms with Crippen molar-refractivity contribution in [3.05, 3.63) is 107 Å². The third kappa shape index (κ3) is 4.92. The molecular weight excluding hydrogens is 440 g/mol. The van der Waals surface area contributed by atoms with Gasteiger partial charge in [0.2, 0.25) is 0 Å². The average Bonchev–Trinajstić information content (AvgIpc) is 3.50. The van der Waals surface area contributed by atoms with Crippen LogP contribution in [0.1, 0.15) is 34.8 Å². The molecule has 0 amide bonds. The fourth-order valence-corrected chi connectivity index (χ4v) is 5.47. The van der Waals surface area contributed by atoms with E-state index in [0.29, 0.717) is 19.8 Å². The summed E-state index contributed by atoms with van der Waals surface area (Å²) >= 11 is 0. The number of benzene rings is 3. The molecule has 3 aliphatic rings. The first-order valence-corrected chi connectivity index (χ1v) is 12.5. The highest BCUT2D eigenvalue weighted by Crippen LogP contribution is 2.49. The Morgan fingerprint density at radius 3 is 2.14 bits per heavy atom. The fraction of sp³-hybridized carbons (Fsp3) is 0.400. The van der Waals surface area contributed by atoms with Crippen LogP contribution in [0, 0.1) is 12.8 Å². The second-order valence-electron chi connectivity index (χ2n) is 9.81. The van der Waals surface area contributed by atoms with Gasteiger partial charge < -0.3 is 23.7 Å². The molecule has 3 saturated heterocycles. The maximum atomic E-state index is 6.67. The monoisotopic (exact) mass is 472 g/mol. The van der Waals surface area contributed by atoms with E-state index in [1.54, 1.807) is 0 Å². The quantitative estimate of drug-likeness (QED) is 0.441. The van der Waals surface area contributed by atoms with E-state index in [4.69, 9.17) is 23.7 Å². The van der Waals surface area contributed by atoms with Crippen molar-refractivity contribution in [2.75, 3.05) is 6.61 Å². The number of hydrogen-bond donors (Lipinski definition) is 0. The molecule has 0 spiro atoms. The van der Waals surface area contributed by atoms with Crippen LogP contribution in [-0.2, 0) is 36.9 Å². The molecule has 0 radical (unpaired) electrons. The molecule has 3 aromatic carbocycles. The summed E-state index contributed by atoms with van der Waals surface area (Å²) in [4.78, 5) is 0. The first kappa shape index (κ1) is 22.9. The summed E-state index contributed by atoms with van der Waals surface area (Å²) in [5.74, 6) is 0.123. The summed E-state index contributed by atoms with van der Waals surface area (Å²) in [6.45, 7) is 3.62. The molecule has 5 nitrogen and oxygen atoms in total. The maximum absolute atomic E-state index is 6.67. The molecule has 35 heavy (non-hydrogen) atoms. The molecule has 0 saturated carbocycles. The molecule has 2 bridgehead atoms. The minimum Gasteiger partial charge on any atom is -0.374 e. The van der Waals surface area contributed by atoms with Gasteiger partial charge in [-0.2, -0.15) is 0 Å². The lowest BCUT2D eigenvalue weighted by atomic mass is 9.89. The van der Waals surface area contributed by atoms with Gasteiger partial charge in [-0.3, -0.25) is 0 Å². The minimum absolute atomic E-state index is 0.0211. The van der Waals surface area contributed by atoms with Gasteiger partial charge in [0.25, 0.3) is 0 Å². The summed E-state index contributed by atoms with van der Waals surface area (Å²) < 4.78 is 32.1. The molecule has 7 atom stereocenters. The maximum Gasteiger partial charge on any atom is 0.164 e. The third-order valence-electron chi connectivity index (χ3n) is 7.32. The van der Waals surface area contributed by atoms with Crippen molar-refractivity contribution in [1.29, 1.82) is 0 Å². The van der Waals surface area contributed by atoms with E-state index in [2.05, 4.69) is 55.5 Å². The zero-order chi connectivity index (χ0) is 23.6. The van der Waals surface area contributed by atoms with Crippen molar-refractivity contribution in [2.24, 2.45) is 5.92 Å². The second kappa shape index (κ2) is 10.2. The van der Waals surface area contributed by atoms with Crippen molar-refractivity contribution >= 4 is 0 Å². The van der Waals surface area contributed by atoms with Crippen LogP contribution in [0.15, 0.2) is 84.9 Å². The van der Waals surface area contributed by atoms with Gasteiger partial charge in [0, 0.05) is 5.92 Å². The zero-order valence-electron chi connectivity index (χ0n) is 20.0. The van der Waals surface area contributed by atoms with E-state index in [1.165, 1.54) is 11.1 Å². The third-order valence-corrected chi connectivity index (χ3v) is 7.32. The van der Waals surface area contributed by atoms with Crippen LogP contribution in [0.3, 0.4) is 0 Å². The molecule has 5 heteroatoms. The van der Waals surface area contributed by atoms with E-state index < -0.39 is 0 Å². The molecule has 3 aliphatic heterocycles. The van der Waals surface area contributed by atoms with Crippen LogP contribution in [0.5, 0.6) is 0 Å². The molecule has 3 heterocycles. The van der Waals surface area contributed by atoms with Gasteiger partial charge >= 0.3 is 0 Å². The largest absolute Gasteiger partial charge is 0.374 e. The number of ether oxygens (including phenoxy) is 5. The number of hydrogen-bond acceptors (Lipinski definition) is 5. The summed E-state index contributed by atoms with van der Waals surface area (Å²) in [5.41, 5.74) is 4.73. The Morgan fingerprint density at radius 2 is 1.43 bits per heavy atom. The van der Waals surface area contributed by atoms with Crippen LogP contribution in [0.25, 0.3) is 0 Å². The van der Waals surface area contributed by atoms with Crippen LogP contribution in [-0.4, -0.2) is 37.3 Å².